The Balaban J connectivity index is 1.63. The number of ether oxygens (including phenoxy) is 1. The number of hydrogen-bond donors (Lipinski definition) is 0. The Hall–Kier alpha value is -2.24. The van der Waals surface area contributed by atoms with Gasteiger partial charge in [-0.2, -0.15) is 4.68 Å². The normalized spacial score (nSPS) is 15.8. The molecular weight excluding hydrogens is 268 g/mol. The minimum atomic E-state index is -0.127. The number of rotatable bonds is 4. The van der Waals surface area contributed by atoms with E-state index >= 15 is 0 Å². The van der Waals surface area contributed by atoms with Crippen molar-refractivity contribution < 1.29 is 9.53 Å². The molecule has 0 N–H and O–H groups in total. The van der Waals surface area contributed by atoms with E-state index in [2.05, 4.69) is 15.5 Å². The first-order chi connectivity index (χ1) is 10.3. The summed E-state index contributed by atoms with van der Waals surface area (Å²) in [6.45, 7) is 0.108. The summed E-state index contributed by atoms with van der Waals surface area (Å²) < 4.78 is 6.98. The maximum atomic E-state index is 12.0. The summed E-state index contributed by atoms with van der Waals surface area (Å²) >= 11 is 0. The van der Waals surface area contributed by atoms with Gasteiger partial charge in [0.1, 0.15) is 0 Å². The largest absolute Gasteiger partial charge is 0.457 e. The van der Waals surface area contributed by atoms with Crippen molar-refractivity contribution in [3.05, 3.63) is 36.2 Å². The first-order valence-corrected chi connectivity index (χ1v) is 7.34. The average molecular weight is 286 g/mol. The lowest BCUT2D eigenvalue weighted by Gasteiger charge is -2.19. The maximum Gasteiger partial charge on any atom is 0.309 e. The molecule has 0 spiro atoms. The molecule has 110 valence electrons. The molecule has 6 heteroatoms. The topological polar surface area (TPSA) is 69.9 Å². The third-order valence-electron chi connectivity index (χ3n) is 3.82. The van der Waals surface area contributed by atoms with E-state index in [9.17, 15) is 4.79 Å². The van der Waals surface area contributed by atoms with E-state index < -0.39 is 0 Å². The summed E-state index contributed by atoms with van der Waals surface area (Å²) in [4.78, 5) is 12.0. The van der Waals surface area contributed by atoms with Crippen LogP contribution in [0.1, 0.15) is 37.9 Å². The van der Waals surface area contributed by atoms with Crippen LogP contribution in [0.25, 0.3) is 5.69 Å². The zero-order valence-electron chi connectivity index (χ0n) is 11.8. The van der Waals surface area contributed by atoms with Crippen LogP contribution in [-0.2, 0) is 16.1 Å². The second kappa shape index (κ2) is 6.47. The molecule has 1 heterocycles. The zero-order valence-corrected chi connectivity index (χ0v) is 11.8. The molecule has 0 unspecified atom stereocenters. The Morgan fingerprint density at radius 3 is 2.71 bits per heavy atom. The molecule has 2 aromatic rings. The minimum absolute atomic E-state index is 0.0415. The lowest BCUT2D eigenvalue weighted by atomic mass is 9.89. The van der Waals surface area contributed by atoms with Gasteiger partial charge >= 0.3 is 5.97 Å². The molecule has 1 fully saturated rings. The number of tetrazole rings is 1. The minimum Gasteiger partial charge on any atom is -0.457 e. The molecule has 1 saturated carbocycles. The monoisotopic (exact) mass is 286 g/mol. The van der Waals surface area contributed by atoms with Gasteiger partial charge in [-0.1, -0.05) is 37.5 Å². The van der Waals surface area contributed by atoms with Crippen LogP contribution < -0.4 is 0 Å². The third kappa shape index (κ3) is 3.26. The van der Waals surface area contributed by atoms with Crippen molar-refractivity contribution in [2.24, 2.45) is 5.92 Å². The van der Waals surface area contributed by atoms with Crippen LogP contribution in [0, 0.1) is 5.92 Å². The molecule has 1 aliphatic rings. The van der Waals surface area contributed by atoms with Crippen molar-refractivity contribution in [2.45, 2.75) is 38.7 Å². The van der Waals surface area contributed by atoms with Crippen LogP contribution in [0.15, 0.2) is 30.3 Å². The number of carbonyl (C=O) groups excluding carboxylic acids is 1. The van der Waals surface area contributed by atoms with Crippen molar-refractivity contribution >= 4 is 5.97 Å². The molecule has 0 bridgehead atoms. The highest BCUT2D eigenvalue weighted by molar-refractivity contribution is 5.72. The molecule has 21 heavy (non-hydrogen) atoms. The van der Waals surface area contributed by atoms with E-state index in [1.54, 1.807) is 4.68 Å². The number of hydrogen-bond acceptors (Lipinski definition) is 5. The number of benzene rings is 1. The second-order valence-electron chi connectivity index (χ2n) is 5.29. The van der Waals surface area contributed by atoms with Crippen LogP contribution in [0.4, 0.5) is 0 Å². The van der Waals surface area contributed by atoms with Crippen molar-refractivity contribution in [1.29, 1.82) is 0 Å². The second-order valence-corrected chi connectivity index (χ2v) is 5.29. The van der Waals surface area contributed by atoms with Crippen molar-refractivity contribution in [1.82, 2.24) is 20.2 Å². The van der Waals surface area contributed by atoms with E-state index in [-0.39, 0.29) is 18.5 Å². The Morgan fingerprint density at radius 1 is 1.19 bits per heavy atom. The maximum absolute atomic E-state index is 12.0. The van der Waals surface area contributed by atoms with Gasteiger partial charge in [0, 0.05) is 0 Å². The number of nitrogens with zero attached hydrogens (tertiary/aromatic N) is 4. The molecule has 0 atom stereocenters. The summed E-state index contributed by atoms with van der Waals surface area (Å²) in [6, 6.07) is 9.56. The van der Waals surface area contributed by atoms with Gasteiger partial charge in [0.15, 0.2) is 12.4 Å². The van der Waals surface area contributed by atoms with E-state index in [0.717, 1.165) is 31.4 Å². The number of aromatic nitrogens is 4. The molecular formula is C15H18N4O2. The van der Waals surface area contributed by atoms with E-state index in [1.807, 2.05) is 30.3 Å². The van der Waals surface area contributed by atoms with Crippen LogP contribution in [-0.4, -0.2) is 26.2 Å². The van der Waals surface area contributed by atoms with E-state index in [1.165, 1.54) is 6.42 Å². The summed E-state index contributed by atoms with van der Waals surface area (Å²) in [7, 11) is 0. The average Bonchev–Trinajstić information content (AvgIpc) is 3.03. The Morgan fingerprint density at radius 2 is 1.95 bits per heavy atom. The van der Waals surface area contributed by atoms with Crippen molar-refractivity contribution in [3.63, 3.8) is 0 Å². The molecule has 1 aromatic heterocycles. The molecule has 0 saturated heterocycles. The fraction of sp³-hybridized carbons (Fsp3) is 0.467. The highest BCUT2D eigenvalue weighted by Gasteiger charge is 2.23. The molecule has 1 aliphatic carbocycles. The summed E-state index contributed by atoms with van der Waals surface area (Å²) in [6.07, 6.45) is 5.31. The van der Waals surface area contributed by atoms with Crippen molar-refractivity contribution in [3.8, 4) is 5.69 Å². The summed E-state index contributed by atoms with van der Waals surface area (Å²) in [5.41, 5.74) is 0.853. The van der Waals surface area contributed by atoms with Gasteiger partial charge < -0.3 is 4.74 Å². The Bertz CT molecular complexity index is 591. The van der Waals surface area contributed by atoms with Gasteiger partial charge in [-0.15, -0.1) is 5.10 Å². The molecule has 0 aliphatic heterocycles. The van der Waals surface area contributed by atoms with Gasteiger partial charge in [0.05, 0.1) is 11.6 Å². The quantitative estimate of drug-likeness (QED) is 0.806. The molecule has 6 nitrogen and oxygen atoms in total. The van der Waals surface area contributed by atoms with Crippen LogP contribution in [0.5, 0.6) is 0 Å². The predicted octanol–water partition coefficient (Wildman–Crippen LogP) is 2.29. The number of carbonyl (C=O) groups is 1. The Labute approximate surface area is 123 Å². The van der Waals surface area contributed by atoms with Crippen LogP contribution >= 0.6 is 0 Å². The van der Waals surface area contributed by atoms with Gasteiger partial charge in [0.2, 0.25) is 0 Å². The van der Waals surface area contributed by atoms with Crippen LogP contribution in [0.2, 0.25) is 0 Å². The molecule has 0 amide bonds. The van der Waals surface area contributed by atoms with E-state index in [4.69, 9.17) is 4.74 Å². The number of para-hydroxylation sites is 1. The SMILES string of the molecule is O=C(OCc1nnnn1-c1ccccc1)C1CCCCC1. The lowest BCUT2D eigenvalue weighted by molar-refractivity contribution is -0.151. The molecule has 3 rings (SSSR count). The van der Waals surface area contributed by atoms with Gasteiger partial charge in [-0.3, -0.25) is 4.79 Å². The predicted molar refractivity (Wildman–Crippen MR) is 75.5 cm³/mol. The highest BCUT2D eigenvalue weighted by Crippen LogP contribution is 2.24. The van der Waals surface area contributed by atoms with Gasteiger partial charge in [-0.05, 0) is 35.4 Å². The van der Waals surface area contributed by atoms with Gasteiger partial charge in [-0.25, -0.2) is 0 Å². The molecule has 0 radical (unpaired) electrons. The fourth-order valence-corrected chi connectivity index (χ4v) is 2.66. The first-order valence-electron chi connectivity index (χ1n) is 7.34. The number of esters is 1. The molecule has 1 aromatic carbocycles. The van der Waals surface area contributed by atoms with Crippen molar-refractivity contribution in [2.75, 3.05) is 0 Å². The summed E-state index contributed by atoms with van der Waals surface area (Å²) in [5.74, 6) is 0.447. The van der Waals surface area contributed by atoms with Crippen LogP contribution in [0.3, 0.4) is 0 Å². The van der Waals surface area contributed by atoms with Gasteiger partial charge in [0.25, 0.3) is 0 Å². The highest BCUT2D eigenvalue weighted by atomic mass is 16.5. The zero-order chi connectivity index (χ0) is 14.5. The van der Waals surface area contributed by atoms with E-state index in [0.29, 0.717) is 5.82 Å². The standard InChI is InChI=1S/C15H18N4O2/c20-15(12-7-3-1-4-8-12)21-11-14-16-17-18-19(14)13-9-5-2-6-10-13/h2,5-6,9-10,12H,1,3-4,7-8,11H2. The third-order valence-corrected chi connectivity index (χ3v) is 3.82. The fourth-order valence-electron chi connectivity index (χ4n) is 2.66. The summed E-state index contributed by atoms with van der Waals surface area (Å²) in [5, 5.41) is 11.5. The smallest absolute Gasteiger partial charge is 0.309 e. The lowest BCUT2D eigenvalue weighted by Crippen LogP contribution is -2.21. The first kappa shape index (κ1) is 13.7. The Kier molecular flexibility index (Phi) is 4.23.